The molecule has 0 aromatic carbocycles. The fraction of sp³-hybridized carbons (Fsp3) is 1.00. The van der Waals surface area contributed by atoms with Gasteiger partial charge in [-0.15, -0.1) is 0 Å². The third kappa shape index (κ3) is 8.00. The standard InChI is InChI=1S/C13H30N2O3/c1-5-14-13(2,12-16)6-7-15(8-10-17-3)9-11-18-4/h14,16H,5-12H2,1-4H3. The van der Waals surface area contributed by atoms with E-state index >= 15 is 0 Å². The quantitative estimate of drug-likeness (QED) is 0.531. The Labute approximate surface area is 111 Å². The molecule has 0 saturated heterocycles. The van der Waals surface area contributed by atoms with Gasteiger partial charge in [0.2, 0.25) is 0 Å². The Bertz CT molecular complexity index is 185. The number of nitrogens with one attached hydrogen (secondary N) is 1. The van der Waals surface area contributed by atoms with Crippen molar-refractivity contribution in [1.29, 1.82) is 0 Å². The van der Waals surface area contributed by atoms with E-state index in [1.165, 1.54) is 0 Å². The van der Waals surface area contributed by atoms with Crippen LogP contribution in [0.3, 0.4) is 0 Å². The number of aliphatic hydroxyl groups is 1. The Morgan fingerprint density at radius 2 is 1.67 bits per heavy atom. The van der Waals surface area contributed by atoms with Gasteiger partial charge in [-0.1, -0.05) is 6.92 Å². The topological polar surface area (TPSA) is 54.0 Å². The van der Waals surface area contributed by atoms with Gasteiger partial charge < -0.3 is 19.9 Å². The first kappa shape index (κ1) is 17.8. The summed E-state index contributed by atoms with van der Waals surface area (Å²) >= 11 is 0. The number of methoxy groups -OCH3 is 2. The lowest BCUT2D eigenvalue weighted by molar-refractivity contribution is 0.0977. The van der Waals surface area contributed by atoms with Crippen molar-refractivity contribution >= 4 is 0 Å². The molecule has 1 atom stereocenters. The molecule has 5 heteroatoms. The number of nitrogens with zero attached hydrogens (tertiary/aromatic N) is 1. The fourth-order valence-corrected chi connectivity index (χ4v) is 1.83. The first-order valence-corrected chi connectivity index (χ1v) is 6.68. The van der Waals surface area contributed by atoms with Gasteiger partial charge in [-0.3, -0.25) is 4.90 Å². The minimum absolute atomic E-state index is 0.156. The van der Waals surface area contributed by atoms with Crippen molar-refractivity contribution in [1.82, 2.24) is 10.2 Å². The monoisotopic (exact) mass is 262 g/mol. The lowest BCUT2D eigenvalue weighted by Crippen LogP contribution is -2.48. The van der Waals surface area contributed by atoms with Crippen LogP contribution < -0.4 is 5.32 Å². The van der Waals surface area contributed by atoms with E-state index in [1.807, 2.05) is 0 Å². The minimum Gasteiger partial charge on any atom is -0.394 e. The van der Waals surface area contributed by atoms with Crippen molar-refractivity contribution in [2.45, 2.75) is 25.8 Å². The largest absolute Gasteiger partial charge is 0.394 e. The van der Waals surface area contributed by atoms with Gasteiger partial charge in [0.25, 0.3) is 0 Å². The Kier molecular flexibility index (Phi) is 10.6. The van der Waals surface area contributed by atoms with Crippen LogP contribution in [0.4, 0.5) is 0 Å². The van der Waals surface area contributed by atoms with Crippen molar-refractivity contribution in [3.63, 3.8) is 0 Å². The molecule has 0 aliphatic heterocycles. The molecule has 0 spiro atoms. The molecule has 0 aliphatic carbocycles. The Hall–Kier alpha value is -0.200. The first-order valence-electron chi connectivity index (χ1n) is 6.68. The minimum atomic E-state index is -0.201. The predicted octanol–water partition coefficient (Wildman–Crippen LogP) is 0.332. The van der Waals surface area contributed by atoms with Gasteiger partial charge >= 0.3 is 0 Å². The normalized spacial score (nSPS) is 15.0. The van der Waals surface area contributed by atoms with Crippen LogP contribution in [0.25, 0.3) is 0 Å². The lowest BCUT2D eigenvalue weighted by Gasteiger charge is -2.31. The molecule has 0 aliphatic rings. The smallest absolute Gasteiger partial charge is 0.0611 e. The molecule has 1 unspecified atom stereocenters. The third-order valence-corrected chi connectivity index (χ3v) is 3.16. The molecule has 5 nitrogen and oxygen atoms in total. The van der Waals surface area contributed by atoms with E-state index in [0.29, 0.717) is 0 Å². The second-order valence-electron chi connectivity index (χ2n) is 4.83. The average molecular weight is 262 g/mol. The highest BCUT2D eigenvalue weighted by Crippen LogP contribution is 2.09. The SMILES string of the molecule is CCNC(C)(CO)CCN(CCOC)CCOC. The lowest BCUT2D eigenvalue weighted by atomic mass is 9.98. The second kappa shape index (κ2) is 10.7. The number of aliphatic hydroxyl groups excluding tert-OH is 1. The summed E-state index contributed by atoms with van der Waals surface area (Å²) in [5, 5.41) is 12.8. The van der Waals surface area contributed by atoms with Gasteiger partial charge in [0, 0.05) is 39.4 Å². The second-order valence-corrected chi connectivity index (χ2v) is 4.83. The summed E-state index contributed by atoms with van der Waals surface area (Å²) in [5.41, 5.74) is -0.201. The molecular formula is C13H30N2O3. The molecule has 0 saturated carbocycles. The van der Waals surface area contributed by atoms with Crippen LogP contribution in [0.15, 0.2) is 0 Å². The van der Waals surface area contributed by atoms with E-state index in [-0.39, 0.29) is 12.1 Å². The zero-order chi connectivity index (χ0) is 13.9. The summed E-state index contributed by atoms with van der Waals surface area (Å²) in [4.78, 5) is 2.30. The van der Waals surface area contributed by atoms with E-state index in [1.54, 1.807) is 14.2 Å². The number of likely N-dealkylation sites (N-methyl/N-ethyl adjacent to an activating group) is 1. The number of rotatable bonds is 12. The number of hydrogen-bond acceptors (Lipinski definition) is 5. The van der Waals surface area contributed by atoms with Crippen molar-refractivity contribution in [3.05, 3.63) is 0 Å². The maximum absolute atomic E-state index is 9.45. The molecule has 0 rings (SSSR count). The fourth-order valence-electron chi connectivity index (χ4n) is 1.83. The predicted molar refractivity (Wildman–Crippen MR) is 74.0 cm³/mol. The van der Waals surface area contributed by atoms with Crippen molar-refractivity contribution in [2.24, 2.45) is 0 Å². The summed E-state index contributed by atoms with van der Waals surface area (Å²) in [6.07, 6.45) is 0.908. The maximum Gasteiger partial charge on any atom is 0.0611 e. The van der Waals surface area contributed by atoms with Crippen LogP contribution >= 0.6 is 0 Å². The molecule has 0 heterocycles. The van der Waals surface area contributed by atoms with E-state index in [2.05, 4.69) is 24.1 Å². The van der Waals surface area contributed by atoms with Gasteiger partial charge in [-0.25, -0.2) is 0 Å². The first-order chi connectivity index (χ1) is 8.61. The van der Waals surface area contributed by atoms with Crippen LogP contribution in [-0.4, -0.2) is 75.8 Å². The molecule has 110 valence electrons. The maximum atomic E-state index is 9.45. The molecule has 0 radical (unpaired) electrons. The zero-order valence-corrected chi connectivity index (χ0v) is 12.4. The summed E-state index contributed by atoms with van der Waals surface area (Å²) in [6, 6.07) is 0. The molecule has 0 bridgehead atoms. The van der Waals surface area contributed by atoms with E-state index in [9.17, 15) is 5.11 Å². The highest BCUT2D eigenvalue weighted by Gasteiger charge is 2.22. The van der Waals surface area contributed by atoms with Gasteiger partial charge in [-0.2, -0.15) is 0 Å². The van der Waals surface area contributed by atoms with Crippen LogP contribution in [0.1, 0.15) is 20.3 Å². The molecule has 0 aromatic heterocycles. The summed E-state index contributed by atoms with van der Waals surface area (Å²) in [7, 11) is 3.43. The molecule has 18 heavy (non-hydrogen) atoms. The van der Waals surface area contributed by atoms with E-state index < -0.39 is 0 Å². The van der Waals surface area contributed by atoms with E-state index in [4.69, 9.17) is 9.47 Å². The van der Waals surface area contributed by atoms with Gasteiger partial charge in [0.05, 0.1) is 19.8 Å². The molecule has 2 N–H and O–H groups in total. The van der Waals surface area contributed by atoms with Gasteiger partial charge in [0.1, 0.15) is 0 Å². The highest BCUT2D eigenvalue weighted by atomic mass is 16.5. The van der Waals surface area contributed by atoms with Crippen molar-refractivity contribution < 1.29 is 14.6 Å². The Morgan fingerprint density at radius 3 is 2.06 bits per heavy atom. The van der Waals surface area contributed by atoms with Crippen LogP contribution in [0, 0.1) is 0 Å². The van der Waals surface area contributed by atoms with Crippen LogP contribution in [0.2, 0.25) is 0 Å². The molecule has 0 amide bonds. The van der Waals surface area contributed by atoms with E-state index in [0.717, 1.165) is 45.8 Å². The van der Waals surface area contributed by atoms with Gasteiger partial charge in [0.15, 0.2) is 0 Å². The van der Waals surface area contributed by atoms with Crippen LogP contribution in [-0.2, 0) is 9.47 Å². The van der Waals surface area contributed by atoms with Crippen molar-refractivity contribution in [2.75, 3.05) is 60.2 Å². The third-order valence-electron chi connectivity index (χ3n) is 3.16. The highest BCUT2D eigenvalue weighted by molar-refractivity contribution is 4.83. The van der Waals surface area contributed by atoms with Crippen LogP contribution in [0.5, 0.6) is 0 Å². The molecular weight excluding hydrogens is 232 g/mol. The Balaban J connectivity index is 4.11. The molecule has 0 fully saturated rings. The Morgan fingerprint density at radius 1 is 1.11 bits per heavy atom. The number of hydrogen-bond donors (Lipinski definition) is 2. The summed E-state index contributed by atoms with van der Waals surface area (Å²) < 4.78 is 10.2. The average Bonchev–Trinajstić information content (AvgIpc) is 2.38. The van der Waals surface area contributed by atoms with Crippen molar-refractivity contribution in [3.8, 4) is 0 Å². The number of ether oxygens (including phenoxy) is 2. The summed E-state index contributed by atoms with van der Waals surface area (Å²) in [5.74, 6) is 0. The summed E-state index contributed by atoms with van der Waals surface area (Å²) in [6.45, 7) is 9.30. The molecule has 0 aromatic rings. The zero-order valence-electron chi connectivity index (χ0n) is 12.4. The van der Waals surface area contributed by atoms with Gasteiger partial charge in [-0.05, 0) is 19.9 Å².